The van der Waals surface area contributed by atoms with E-state index in [9.17, 15) is 9.59 Å². The quantitative estimate of drug-likeness (QED) is 0.832. The number of likely N-dealkylation sites (tertiary alicyclic amines) is 1. The van der Waals surface area contributed by atoms with E-state index in [1.165, 1.54) is 28.2 Å². The third kappa shape index (κ3) is 3.51. The van der Waals surface area contributed by atoms with Gasteiger partial charge in [0, 0.05) is 13.1 Å². The van der Waals surface area contributed by atoms with Crippen molar-refractivity contribution in [2.24, 2.45) is 0 Å². The third-order valence-electron chi connectivity index (χ3n) is 3.98. The van der Waals surface area contributed by atoms with Crippen LogP contribution in [-0.4, -0.2) is 71.5 Å². The molecule has 23 heavy (non-hydrogen) atoms. The summed E-state index contributed by atoms with van der Waals surface area (Å²) >= 11 is 1.48. The van der Waals surface area contributed by atoms with Crippen LogP contribution in [0.3, 0.4) is 0 Å². The van der Waals surface area contributed by atoms with Gasteiger partial charge in [-0.1, -0.05) is 6.42 Å². The molecule has 1 N–H and O–H groups in total. The average molecular weight is 346 g/mol. The lowest BCUT2D eigenvalue weighted by Gasteiger charge is -2.46. The monoisotopic (exact) mass is 346 g/mol. The number of hydrazine groups is 1. The molecule has 0 aromatic carbocycles. The molecule has 1 unspecified atom stereocenters. The van der Waals surface area contributed by atoms with Crippen molar-refractivity contribution in [2.45, 2.75) is 38.2 Å². The highest BCUT2D eigenvalue weighted by molar-refractivity contribution is 7.99. The van der Waals surface area contributed by atoms with Crippen LogP contribution in [-0.2, 0) is 9.47 Å². The fourth-order valence-corrected chi connectivity index (χ4v) is 3.96. The van der Waals surface area contributed by atoms with Crippen molar-refractivity contribution in [1.82, 2.24) is 20.2 Å². The van der Waals surface area contributed by atoms with Gasteiger partial charge < -0.3 is 9.47 Å². The number of thioether (sulfide) groups is 1. The molecule has 0 aliphatic carbocycles. The largest absolute Gasteiger partial charge is 0.448 e. The normalized spacial score (nSPS) is 25.5. The lowest BCUT2D eigenvalue weighted by Crippen LogP contribution is -2.65. The van der Waals surface area contributed by atoms with Crippen LogP contribution >= 0.6 is 11.8 Å². The Morgan fingerprint density at radius 2 is 1.70 bits per heavy atom. The van der Waals surface area contributed by atoms with Gasteiger partial charge >= 0.3 is 12.2 Å². The number of carbonyl (C=O) groups is 2. The summed E-state index contributed by atoms with van der Waals surface area (Å²) < 4.78 is 10.3. The van der Waals surface area contributed by atoms with E-state index in [1.807, 2.05) is 6.26 Å². The fourth-order valence-electron chi connectivity index (χ4n) is 2.97. The molecule has 2 rings (SSSR count). The standard InChI is InChI=1S/C14H26N4O4S/c1-4-21-12(19)17-11-15-14(23-3,16-9-7-6-8-10-16)18(17)13(20)22-5-2/h15H,4-11H2,1-3H3. The number of nitrogens with one attached hydrogen (secondary N) is 1. The number of carbonyl (C=O) groups excluding carboxylic acids is 2. The second-order valence-electron chi connectivity index (χ2n) is 5.30. The first-order valence-electron chi connectivity index (χ1n) is 8.07. The van der Waals surface area contributed by atoms with Gasteiger partial charge in [-0.3, -0.25) is 10.2 Å². The highest BCUT2D eigenvalue weighted by Gasteiger charge is 2.55. The molecule has 1 atom stereocenters. The van der Waals surface area contributed by atoms with Gasteiger partial charge in [-0.2, -0.15) is 10.0 Å². The molecule has 2 aliphatic heterocycles. The predicted molar refractivity (Wildman–Crippen MR) is 87.4 cm³/mol. The van der Waals surface area contributed by atoms with Crippen molar-refractivity contribution in [1.29, 1.82) is 0 Å². The number of ether oxygens (including phenoxy) is 2. The molecule has 132 valence electrons. The van der Waals surface area contributed by atoms with Crippen LogP contribution in [0.5, 0.6) is 0 Å². The molecule has 2 saturated heterocycles. The summed E-state index contributed by atoms with van der Waals surface area (Å²) in [4.78, 5) is 27.0. The molecular weight excluding hydrogens is 320 g/mol. The Balaban J connectivity index is 2.31. The van der Waals surface area contributed by atoms with Crippen molar-refractivity contribution in [3.63, 3.8) is 0 Å². The number of hydrogen-bond donors (Lipinski definition) is 1. The molecule has 8 nitrogen and oxygen atoms in total. The summed E-state index contributed by atoms with van der Waals surface area (Å²) in [5.41, 5.74) is 0. The molecule has 0 radical (unpaired) electrons. The van der Waals surface area contributed by atoms with E-state index >= 15 is 0 Å². The smallest absolute Gasteiger partial charge is 0.432 e. The number of rotatable bonds is 4. The molecule has 0 spiro atoms. The maximum absolute atomic E-state index is 12.6. The van der Waals surface area contributed by atoms with E-state index < -0.39 is 17.3 Å². The topological polar surface area (TPSA) is 74.4 Å². The third-order valence-corrected chi connectivity index (χ3v) is 5.12. The van der Waals surface area contributed by atoms with Crippen LogP contribution in [0.2, 0.25) is 0 Å². The second kappa shape index (κ2) is 8.07. The lowest BCUT2D eigenvalue weighted by atomic mass is 10.1. The summed E-state index contributed by atoms with van der Waals surface area (Å²) in [6.07, 6.45) is 4.14. The number of amides is 2. The predicted octanol–water partition coefficient (Wildman–Crippen LogP) is 1.84. The molecule has 2 fully saturated rings. The van der Waals surface area contributed by atoms with E-state index in [0.29, 0.717) is 0 Å². The van der Waals surface area contributed by atoms with Crippen LogP contribution in [0.15, 0.2) is 0 Å². The summed E-state index contributed by atoms with van der Waals surface area (Å²) in [5.74, 6) is 0. The molecule has 2 amide bonds. The Morgan fingerprint density at radius 1 is 1.09 bits per heavy atom. The first-order chi connectivity index (χ1) is 11.1. The summed E-state index contributed by atoms with van der Waals surface area (Å²) in [5, 5.41) is 5.14. The Kier molecular flexibility index (Phi) is 6.37. The first kappa shape index (κ1) is 18.2. The molecule has 2 aliphatic rings. The lowest BCUT2D eigenvalue weighted by molar-refractivity contribution is -0.0647. The Morgan fingerprint density at radius 3 is 2.26 bits per heavy atom. The summed E-state index contributed by atoms with van der Waals surface area (Å²) in [6.45, 7) is 5.91. The summed E-state index contributed by atoms with van der Waals surface area (Å²) in [7, 11) is 0. The fraction of sp³-hybridized carbons (Fsp3) is 0.857. The molecule has 2 heterocycles. The zero-order chi connectivity index (χ0) is 16.9. The minimum atomic E-state index is -0.820. The Hall–Kier alpha value is -1.19. The van der Waals surface area contributed by atoms with Crippen molar-refractivity contribution >= 4 is 23.9 Å². The van der Waals surface area contributed by atoms with Gasteiger partial charge in [0.2, 0.25) is 5.12 Å². The van der Waals surface area contributed by atoms with Gasteiger partial charge in [0.25, 0.3) is 0 Å². The van der Waals surface area contributed by atoms with Crippen LogP contribution < -0.4 is 5.32 Å². The number of piperidine rings is 1. The van der Waals surface area contributed by atoms with E-state index in [4.69, 9.17) is 9.47 Å². The highest BCUT2D eigenvalue weighted by atomic mass is 32.2. The van der Waals surface area contributed by atoms with Crippen molar-refractivity contribution in [3.05, 3.63) is 0 Å². The molecule has 0 saturated carbocycles. The van der Waals surface area contributed by atoms with Crippen LogP contribution in [0.1, 0.15) is 33.1 Å². The van der Waals surface area contributed by atoms with Gasteiger partial charge in [0.05, 0.1) is 19.9 Å². The Labute approximate surface area is 141 Å². The van der Waals surface area contributed by atoms with E-state index in [-0.39, 0.29) is 19.9 Å². The zero-order valence-electron chi connectivity index (χ0n) is 14.0. The molecule has 0 aromatic heterocycles. The van der Waals surface area contributed by atoms with Gasteiger partial charge in [-0.15, -0.1) is 11.8 Å². The highest BCUT2D eigenvalue weighted by Crippen LogP contribution is 2.37. The molecule has 0 aromatic rings. The number of nitrogens with zero attached hydrogens (tertiary/aromatic N) is 3. The molecule has 0 bridgehead atoms. The SMILES string of the molecule is CCOC(=O)N1CNC(SC)(N2CCCCC2)N1C(=O)OCC. The summed E-state index contributed by atoms with van der Waals surface area (Å²) in [6, 6.07) is 0. The van der Waals surface area contributed by atoms with E-state index in [2.05, 4.69) is 10.2 Å². The second-order valence-corrected chi connectivity index (χ2v) is 6.28. The minimum Gasteiger partial charge on any atom is -0.448 e. The molecular formula is C14H26N4O4S. The van der Waals surface area contributed by atoms with Gasteiger partial charge in [0.15, 0.2) is 0 Å². The zero-order valence-corrected chi connectivity index (χ0v) is 14.9. The molecule has 9 heteroatoms. The van der Waals surface area contributed by atoms with Crippen molar-refractivity contribution in [2.75, 3.05) is 39.2 Å². The van der Waals surface area contributed by atoms with Gasteiger partial charge in [-0.05, 0) is 32.9 Å². The Bertz CT molecular complexity index is 433. The van der Waals surface area contributed by atoms with Crippen LogP contribution in [0.4, 0.5) is 9.59 Å². The van der Waals surface area contributed by atoms with Gasteiger partial charge in [0.1, 0.15) is 0 Å². The van der Waals surface area contributed by atoms with Crippen LogP contribution in [0.25, 0.3) is 0 Å². The van der Waals surface area contributed by atoms with Crippen LogP contribution in [0, 0.1) is 0 Å². The first-order valence-corrected chi connectivity index (χ1v) is 9.29. The van der Waals surface area contributed by atoms with Gasteiger partial charge in [-0.25, -0.2) is 9.59 Å². The van der Waals surface area contributed by atoms with E-state index in [0.717, 1.165) is 25.9 Å². The van der Waals surface area contributed by atoms with E-state index in [1.54, 1.807) is 13.8 Å². The van der Waals surface area contributed by atoms with Crippen molar-refractivity contribution < 1.29 is 19.1 Å². The minimum absolute atomic E-state index is 0.203. The number of hydrogen-bond acceptors (Lipinski definition) is 7. The maximum atomic E-state index is 12.6. The average Bonchev–Trinajstić information content (AvgIpc) is 2.97. The maximum Gasteiger partial charge on any atom is 0.432 e. The van der Waals surface area contributed by atoms with Crippen molar-refractivity contribution in [3.8, 4) is 0 Å².